The van der Waals surface area contributed by atoms with Gasteiger partial charge in [-0.2, -0.15) is 0 Å². The highest BCUT2D eigenvalue weighted by Gasteiger charge is 2.12. The lowest BCUT2D eigenvalue weighted by atomic mass is 10.1. The van der Waals surface area contributed by atoms with Crippen molar-refractivity contribution in [3.8, 4) is 11.5 Å². The summed E-state index contributed by atoms with van der Waals surface area (Å²) in [5, 5.41) is 5.39. The molecule has 0 spiro atoms. The summed E-state index contributed by atoms with van der Waals surface area (Å²) in [7, 11) is 3.05. The third kappa shape index (κ3) is 6.03. The van der Waals surface area contributed by atoms with Crippen LogP contribution in [0, 0.1) is 5.92 Å². The van der Waals surface area contributed by atoms with Crippen molar-refractivity contribution >= 4 is 17.5 Å². The minimum Gasteiger partial charge on any atom is -0.497 e. The van der Waals surface area contributed by atoms with Gasteiger partial charge >= 0.3 is 0 Å². The quantitative estimate of drug-likeness (QED) is 0.722. The molecule has 1 rings (SSSR count). The normalized spacial score (nSPS) is 10.2. The first kappa shape index (κ1) is 17.8. The average Bonchev–Trinajstić information content (AvgIpc) is 2.47. The number of carbonyl (C=O) groups is 2. The van der Waals surface area contributed by atoms with Gasteiger partial charge in [-0.3, -0.25) is 9.59 Å². The van der Waals surface area contributed by atoms with Gasteiger partial charge in [0.15, 0.2) is 0 Å². The molecule has 1 aromatic rings. The summed E-state index contributed by atoms with van der Waals surface area (Å²) >= 11 is 0. The largest absolute Gasteiger partial charge is 0.497 e. The van der Waals surface area contributed by atoms with Crippen molar-refractivity contribution in [1.29, 1.82) is 0 Å². The van der Waals surface area contributed by atoms with Crippen molar-refractivity contribution in [3.05, 3.63) is 18.2 Å². The maximum absolute atomic E-state index is 11.9. The number of nitrogens with one attached hydrogen (secondary N) is 2. The molecule has 6 nitrogen and oxygen atoms in total. The highest BCUT2D eigenvalue weighted by Crippen LogP contribution is 2.28. The van der Waals surface area contributed by atoms with Crippen LogP contribution in [0.25, 0.3) is 0 Å². The van der Waals surface area contributed by atoms with Crippen molar-refractivity contribution in [1.82, 2.24) is 5.32 Å². The number of carbonyl (C=O) groups excluding carboxylic acids is 2. The average molecular weight is 308 g/mol. The van der Waals surface area contributed by atoms with Crippen LogP contribution in [0.1, 0.15) is 26.7 Å². The highest BCUT2D eigenvalue weighted by atomic mass is 16.5. The standard InChI is InChI=1S/C16H24N2O4/c1-11(2)7-8-17-15(19)10-16(20)18-13-6-5-12(21-3)9-14(13)22-4/h5-6,9,11H,7-8,10H2,1-4H3,(H,17,19)(H,18,20). The zero-order valence-electron chi connectivity index (χ0n) is 13.6. The number of hydrogen-bond donors (Lipinski definition) is 2. The Balaban J connectivity index is 2.52. The van der Waals surface area contributed by atoms with Crippen LogP contribution in [-0.2, 0) is 9.59 Å². The van der Waals surface area contributed by atoms with E-state index in [2.05, 4.69) is 24.5 Å². The molecule has 0 aliphatic heterocycles. The van der Waals surface area contributed by atoms with Gasteiger partial charge in [0, 0.05) is 12.6 Å². The van der Waals surface area contributed by atoms with Gasteiger partial charge in [0.1, 0.15) is 17.9 Å². The van der Waals surface area contributed by atoms with E-state index in [0.29, 0.717) is 29.6 Å². The topological polar surface area (TPSA) is 76.7 Å². The zero-order chi connectivity index (χ0) is 16.5. The summed E-state index contributed by atoms with van der Waals surface area (Å²) in [4.78, 5) is 23.5. The lowest BCUT2D eigenvalue weighted by Crippen LogP contribution is -2.29. The fraction of sp³-hybridized carbons (Fsp3) is 0.500. The fourth-order valence-electron chi connectivity index (χ4n) is 1.80. The van der Waals surface area contributed by atoms with Crippen LogP contribution in [-0.4, -0.2) is 32.6 Å². The number of rotatable bonds is 8. The van der Waals surface area contributed by atoms with Crippen LogP contribution in [0.2, 0.25) is 0 Å². The number of benzene rings is 1. The summed E-state index contributed by atoms with van der Waals surface area (Å²) in [6.07, 6.45) is 0.674. The van der Waals surface area contributed by atoms with E-state index in [1.165, 1.54) is 7.11 Å². The molecule has 0 saturated heterocycles. The summed E-state index contributed by atoms with van der Waals surface area (Å²) in [6, 6.07) is 5.05. The summed E-state index contributed by atoms with van der Waals surface area (Å²) in [5.74, 6) is 0.947. The molecule has 0 saturated carbocycles. The first-order valence-corrected chi connectivity index (χ1v) is 7.24. The second-order valence-electron chi connectivity index (χ2n) is 5.32. The number of amides is 2. The first-order chi connectivity index (χ1) is 10.5. The molecule has 22 heavy (non-hydrogen) atoms. The Morgan fingerprint density at radius 1 is 1.14 bits per heavy atom. The molecule has 2 amide bonds. The van der Waals surface area contributed by atoms with Gasteiger partial charge in [-0.05, 0) is 24.5 Å². The molecule has 122 valence electrons. The first-order valence-electron chi connectivity index (χ1n) is 7.24. The minimum absolute atomic E-state index is 0.215. The van der Waals surface area contributed by atoms with Crippen molar-refractivity contribution in [2.45, 2.75) is 26.7 Å². The molecule has 6 heteroatoms. The highest BCUT2D eigenvalue weighted by molar-refractivity contribution is 6.04. The van der Waals surface area contributed by atoms with Gasteiger partial charge in [0.05, 0.1) is 19.9 Å². The third-order valence-corrected chi connectivity index (χ3v) is 3.05. The number of hydrogen-bond acceptors (Lipinski definition) is 4. The van der Waals surface area contributed by atoms with Gasteiger partial charge in [0.25, 0.3) is 0 Å². The van der Waals surface area contributed by atoms with Crippen molar-refractivity contribution in [2.24, 2.45) is 5.92 Å². The molecule has 0 unspecified atom stereocenters. The molecule has 0 bridgehead atoms. The lowest BCUT2D eigenvalue weighted by molar-refractivity contribution is -0.126. The van der Waals surface area contributed by atoms with Crippen molar-refractivity contribution in [2.75, 3.05) is 26.1 Å². The van der Waals surface area contributed by atoms with E-state index < -0.39 is 0 Å². The smallest absolute Gasteiger partial charge is 0.233 e. The van der Waals surface area contributed by atoms with Crippen LogP contribution in [0.5, 0.6) is 11.5 Å². The minimum atomic E-state index is -0.384. The number of ether oxygens (including phenoxy) is 2. The Kier molecular flexibility index (Phi) is 7.22. The second-order valence-corrected chi connectivity index (χ2v) is 5.32. The number of anilines is 1. The molecule has 0 radical (unpaired) electrons. The lowest BCUT2D eigenvalue weighted by Gasteiger charge is -2.12. The van der Waals surface area contributed by atoms with Gasteiger partial charge in [0.2, 0.25) is 11.8 Å². The Bertz CT molecular complexity index is 515. The van der Waals surface area contributed by atoms with Crippen LogP contribution >= 0.6 is 0 Å². The van der Waals surface area contributed by atoms with E-state index in [9.17, 15) is 9.59 Å². The molecule has 0 aliphatic carbocycles. The molecule has 0 aliphatic rings. The van der Waals surface area contributed by atoms with E-state index in [4.69, 9.17) is 9.47 Å². The molecule has 0 fully saturated rings. The van der Waals surface area contributed by atoms with E-state index >= 15 is 0 Å². The molecule has 1 aromatic carbocycles. The Hall–Kier alpha value is -2.24. The summed E-state index contributed by atoms with van der Waals surface area (Å²) in [6.45, 7) is 4.74. The van der Waals surface area contributed by atoms with Crippen molar-refractivity contribution in [3.63, 3.8) is 0 Å². The van der Waals surface area contributed by atoms with E-state index in [1.54, 1.807) is 25.3 Å². The van der Waals surface area contributed by atoms with Gasteiger partial charge in [-0.1, -0.05) is 13.8 Å². The van der Waals surface area contributed by atoms with E-state index in [1.807, 2.05) is 0 Å². The predicted molar refractivity (Wildman–Crippen MR) is 85.3 cm³/mol. The van der Waals surface area contributed by atoms with Gasteiger partial charge in [-0.25, -0.2) is 0 Å². The van der Waals surface area contributed by atoms with E-state index in [-0.39, 0.29) is 18.2 Å². The Morgan fingerprint density at radius 3 is 2.45 bits per heavy atom. The molecular weight excluding hydrogens is 284 g/mol. The maximum Gasteiger partial charge on any atom is 0.233 e. The second kappa shape index (κ2) is 8.92. The van der Waals surface area contributed by atoms with Crippen LogP contribution in [0.4, 0.5) is 5.69 Å². The SMILES string of the molecule is COc1ccc(NC(=O)CC(=O)NCCC(C)C)c(OC)c1. The van der Waals surface area contributed by atoms with Crippen LogP contribution in [0.15, 0.2) is 18.2 Å². The Morgan fingerprint density at radius 2 is 1.86 bits per heavy atom. The third-order valence-electron chi connectivity index (χ3n) is 3.05. The van der Waals surface area contributed by atoms with E-state index in [0.717, 1.165) is 6.42 Å². The van der Waals surface area contributed by atoms with Gasteiger partial charge in [-0.15, -0.1) is 0 Å². The molecule has 0 aromatic heterocycles. The maximum atomic E-state index is 11.9. The van der Waals surface area contributed by atoms with Crippen LogP contribution in [0.3, 0.4) is 0 Å². The molecular formula is C16H24N2O4. The Labute approximate surface area is 131 Å². The monoisotopic (exact) mass is 308 g/mol. The molecule has 0 heterocycles. The van der Waals surface area contributed by atoms with Crippen LogP contribution < -0.4 is 20.1 Å². The zero-order valence-corrected chi connectivity index (χ0v) is 13.6. The molecule has 2 N–H and O–H groups in total. The number of methoxy groups -OCH3 is 2. The molecule has 0 atom stereocenters. The summed E-state index contributed by atoms with van der Waals surface area (Å²) in [5.41, 5.74) is 0.503. The van der Waals surface area contributed by atoms with Crippen molar-refractivity contribution < 1.29 is 19.1 Å². The van der Waals surface area contributed by atoms with Gasteiger partial charge < -0.3 is 20.1 Å². The summed E-state index contributed by atoms with van der Waals surface area (Å²) < 4.78 is 10.3. The predicted octanol–water partition coefficient (Wildman–Crippen LogP) is 2.19. The fourth-order valence-corrected chi connectivity index (χ4v) is 1.80.